The molecule has 5 nitrogen and oxygen atoms in total. The Morgan fingerprint density at radius 2 is 2.23 bits per heavy atom. The summed E-state index contributed by atoms with van der Waals surface area (Å²) >= 11 is 0. The summed E-state index contributed by atoms with van der Waals surface area (Å²) in [6, 6.07) is 10.6. The van der Waals surface area contributed by atoms with E-state index >= 15 is 0 Å². The van der Waals surface area contributed by atoms with Crippen LogP contribution in [0.4, 0.5) is 0 Å². The molecule has 22 heavy (non-hydrogen) atoms. The van der Waals surface area contributed by atoms with Gasteiger partial charge in [0.15, 0.2) is 0 Å². The molecule has 116 valence electrons. The van der Waals surface area contributed by atoms with Crippen molar-refractivity contribution >= 4 is 5.91 Å². The standard InChI is InChI=1S/C17H22N4O/c1-12-9-13(2)21(20-12)11-17(22)19-10-16-15-6-4-3-5-14(15)7-8-18-16/h3-6,9,16,18H,7-8,10-11H2,1-2H3,(H,19,22). The Morgan fingerprint density at radius 1 is 1.41 bits per heavy atom. The van der Waals surface area contributed by atoms with Crippen LogP contribution in [0.1, 0.15) is 28.6 Å². The van der Waals surface area contributed by atoms with E-state index < -0.39 is 0 Å². The van der Waals surface area contributed by atoms with Crippen molar-refractivity contribution < 1.29 is 4.79 Å². The van der Waals surface area contributed by atoms with Gasteiger partial charge in [-0.3, -0.25) is 9.48 Å². The summed E-state index contributed by atoms with van der Waals surface area (Å²) in [4.78, 5) is 12.1. The zero-order valence-corrected chi connectivity index (χ0v) is 13.1. The van der Waals surface area contributed by atoms with Crippen LogP contribution in [0, 0.1) is 13.8 Å². The Balaban J connectivity index is 1.59. The SMILES string of the molecule is Cc1cc(C)n(CC(=O)NCC2NCCc3ccccc32)n1. The molecule has 1 aliphatic heterocycles. The van der Waals surface area contributed by atoms with Gasteiger partial charge < -0.3 is 10.6 Å². The first-order valence-corrected chi connectivity index (χ1v) is 7.72. The lowest BCUT2D eigenvalue weighted by Gasteiger charge is -2.27. The first-order valence-electron chi connectivity index (χ1n) is 7.72. The zero-order valence-electron chi connectivity index (χ0n) is 13.1. The van der Waals surface area contributed by atoms with Crippen LogP contribution in [0.15, 0.2) is 30.3 Å². The third-order valence-corrected chi connectivity index (χ3v) is 4.12. The highest BCUT2D eigenvalue weighted by molar-refractivity contribution is 5.75. The quantitative estimate of drug-likeness (QED) is 0.899. The van der Waals surface area contributed by atoms with Gasteiger partial charge in [-0.05, 0) is 44.0 Å². The van der Waals surface area contributed by atoms with Crippen LogP contribution in [0.25, 0.3) is 0 Å². The summed E-state index contributed by atoms with van der Waals surface area (Å²) in [6.07, 6.45) is 1.05. The average Bonchev–Trinajstić information content (AvgIpc) is 2.82. The molecular formula is C17H22N4O. The molecule has 5 heteroatoms. The number of fused-ring (bicyclic) bond motifs is 1. The van der Waals surface area contributed by atoms with Gasteiger partial charge in [0.25, 0.3) is 0 Å². The lowest BCUT2D eigenvalue weighted by molar-refractivity contribution is -0.122. The maximum Gasteiger partial charge on any atom is 0.241 e. The molecule has 3 rings (SSSR count). The first kappa shape index (κ1) is 14.8. The molecule has 2 heterocycles. The number of carbonyl (C=O) groups excluding carboxylic acids is 1. The highest BCUT2D eigenvalue weighted by Gasteiger charge is 2.19. The van der Waals surface area contributed by atoms with Crippen LogP contribution in [0.3, 0.4) is 0 Å². The number of benzene rings is 1. The summed E-state index contributed by atoms with van der Waals surface area (Å²) in [7, 11) is 0. The molecule has 1 unspecified atom stereocenters. The minimum Gasteiger partial charge on any atom is -0.353 e. The van der Waals surface area contributed by atoms with Gasteiger partial charge in [-0.2, -0.15) is 5.10 Å². The summed E-state index contributed by atoms with van der Waals surface area (Å²) < 4.78 is 1.74. The van der Waals surface area contributed by atoms with E-state index in [-0.39, 0.29) is 18.5 Å². The van der Waals surface area contributed by atoms with E-state index in [1.54, 1.807) is 4.68 Å². The topological polar surface area (TPSA) is 59.0 Å². The molecule has 1 aromatic heterocycles. The largest absolute Gasteiger partial charge is 0.353 e. The Hall–Kier alpha value is -2.14. The van der Waals surface area contributed by atoms with E-state index in [0.29, 0.717) is 6.54 Å². The summed E-state index contributed by atoms with van der Waals surface area (Å²) in [5.74, 6) is -0.00365. The molecular weight excluding hydrogens is 276 g/mol. The summed E-state index contributed by atoms with van der Waals surface area (Å²) in [6.45, 7) is 5.73. The summed E-state index contributed by atoms with van der Waals surface area (Å²) in [5.41, 5.74) is 4.61. The van der Waals surface area contributed by atoms with Gasteiger partial charge in [0.2, 0.25) is 5.91 Å². The molecule has 0 bridgehead atoms. The average molecular weight is 298 g/mol. The number of aryl methyl sites for hydroxylation is 2. The molecule has 0 radical (unpaired) electrons. The lowest BCUT2D eigenvalue weighted by atomic mass is 9.94. The number of amides is 1. The van der Waals surface area contributed by atoms with Crippen LogP contribution in [-0.4, -0.2) is 28.8 Å². The van der Waals surface area contributed by atoms with Crippen LogP contribution in [-0.2, 0) is 17.8 Å². The molecule has 0 saturated carbocycles. The molecule has 0 saturated heterocycles. The van der Waals surface area contributed by atoms with E-state index in [1.807, 2.05) is 19.9 Å². The highest BCUT2D eigenvalue weighted by atomic mass is 16.2. The highest BCUT2D eigenvalue weighted by Crippen LogP contribution is 2.21. The fourth-order valence-corrected chi connectivity index (χ4v) is 3.02. The molecule has 0 aliphatic carbocycles. The zero-order chi connectivity index (χ0) is 15.5. The fraction of sp³-hybridized carbons (Fsp3) is 0.412. The van der Waals surface area contributed by atoms with E-state index in [0.717, 1.165) is 24.4 Å². The monoisotopic (exact) mass is 298 g/mol. The summed E-state index contributed by atoms with van der Waals surface area (Å²) in [5, 5.41) is 10.8. The van der Waals surface area contributed by atoms with Gasteiger partial charge in [0, 0.05) is 18.3 Å². The second kappa shape index (κ2) is 6.32. The predicted molar refractivity (Wildman–Crippen MR) is 85.6 cm³/mol. The second-order valence-corrected chi connectivity index (χ2v) is 5.84. The van der Waals surface area contributed by atoms with Crippen molar-refractivity contribution in [2.75, 3.05) is 13.1 Å². The molecule has 0 spiro atoms. The molecule has 2 N–H and O–H groups in total. The van der Waals surface area contributed by atoms with Crippen LogP contribution < -0.4 is 10.6 Å². The lowest BCUT2D eigenvalue weighted by Crippen LogP contribution is -2.40. The number of rotatable bonds is 4. The Kier molecular flexibility index (Phi) is 4.24. The molecule has 0 fully saturated rings. The Bertz CT molecular complexity index is 677. The fourth-order valence-electron chi connectivity index (χ4n) is 3.02. The van der Waals surface area contributed by atoms with Gasteiger partial charge in [0.05, 0.1) is 5.69 Å². The minimum atomic E-state index is -0.00365. The van der Waals surface area contributed by atoms with Crippen molar-refractivity contribution in [3.63, 3.8) is 0 Å². The van der Waals surface area contributed by atoms with E-state index in [4.69, 9.17) is 0 Å². The van der Waals surface area contributed by atoms with E-state index in [1.165, 1.54) is 11.1 Å². The van der Waals surface area contributed by atoms with Crippen molar-refractivity contribution in [1.82, 2.24) is 20.4 Å². The van der Waals surface area contributed by atoms with Gasteiger partial charge >= 0.3 is 0 Å². The van der Waals surface area contributed by atoms with Crippen molar-refractivity contribution in [3.8, 4) is 0 Å². The number of carbonyl (C=O) groups is 1. The van der Waals surface area contributed by atoms with Crippen LogP contribution >= 0.6 is 0 Å². The van der Waals surface area contributed by atoms with Gasteiger partial charge in [-0.1, -0.05) is 24.3 Å². The molecule has 1 atom stereocenters. The van der Waals surface area contributed by atoms with Crippen molar-refractivity contribution in [2.24, 2.45) is 0 Å². The number of aromatic nitrogens is 2. The minimum absolute atomic E-state index is 0.00365. The molecule has 1 aromatic carbocycles. The van der Waals surface area contributed by atoms with Crippen molar-refractivity contribution in [3.05, 3.63) is 52.8 Å². The third-order valence-electron chi connectivity index (χ3n) is 4.12. The Morgan fingerprint density at radius 3 is 3.00 bits per heavy atom. The predicted octanol–water partition coefficient (Wildman–Crippen LogP) is 1.50. The van der Waals surface area contributed by atoms with E-state index in [2.05, 4.69) is 40.0 Å². The normalized spacial score (nSPS) is 17.1. The van der Waals surface area contributed by atoms with Gasteiger partial charge in [0.1, 0.15) is 6.54 Å². The third kappa shape index (κ3) is 3.20. The maximum absolute atomic E-state index is 12.1. The van der Waals surface area contributed by atoms with Gasteiger partial charge in [-0.15, -0.1) is 0 Å². The molecule has 2 aromatic rings. The molecule has 1 aliphatic rings. The number of hydrogen-bond acceptors (Lipinski definition) is 3. The Labute approximate surface area is 130 Å². The van der Waals surface area contributed by atoms with Crippen molar-refractivity contribution in [1.29, 1.82) is 0 Å². The smallest absolute Gasteiger partial charge is 0.241 e. The number of nitrogens with one attached hydrogen (secondary N) is 2. The van der Waals surface area contributed by atoms with Crippen LogP contribution in [0.2, 0.25) is 0 Å². The second-order valence-electron chi connectivity index (χ2n) is 5.84. The number of hydrogen-bond donors (Lipinski definition) is 2. The van der Waals surface area contributed by atoms with Crippen LogP contribution in [0.5, 0.6) is 0 Å². The first-order chi connectivity index (χ1) is 10.6. The maximum atomic E-state index is 12.1. The van der Waals surface area contributed by atoms with Gasteiger partial charge in [-0.25, -0.2) is 0 Å². The number of nitrogens with zero attached hydrogens (tertiary/aromatic N) is 2. The molecule has 1 amide bonds. The van der Waals surface area contributed by atoms with E-state index in [9.17, 15) is 4.79 Å². The van der Waals surface area contributed by atoms with Crippen molar-refractivity contribution in [2.45, 2.75) is 32.9 Å².